The van der Waals surface area contributed by atoms with Gasteiger partial charge in [-0.25, -0.2) is 4.99 Å². The predicted octanol–water partition coefficient (Wildman–Crippen LogP) is 4.21. The van der Waals surface area contributed by atoms with Gasteiger partial charge in [-0.05, 0) is 17.7 Å². The van der Waals surface area contributed by atoms with E-state index in [1.54, 1.807) is 11.8 Å². The second-order valence-corrected chi connectivity index (χ2v) is 4.10. The summed E-state index contributed by atoms with van der Waals surface area (Å²) in [5, 5.41) is 3.73. The standard InChI is InChI=1S/C12H9NS.HI/c1-14-12-9-6-2-4-8-5-3-7-10(13-12)11(8)9;/h2-7H,1H3;1H. The van der Waals surface area contributed by atoms with Crippen LogP contribution in [0.2, 0.25) is 0 Å². The van der Waals surface area contributed by atoms with Crippen LogP contribution in [0.25, 0.3) is 10.8 Å². The Morgan fingerprint density at radius 3 is 2.53 bits per heavy atom. The average molecular weight is 327 g/mol. The van der Waals surface area contributed by atoms with E-state index in [-0.39, 0.29) is 24.0 Å². The van der Waals surface area contributed by atoms with Crippen LogP contribution in [0, 0.1) is 0 Å². The smallest absolute Gasteiger partial charge is 0.104 e. The van der Waals surface area contributed by atoms with E-state index in [4.69, 9.17) is 0 Å². The van der Waals surface area contributed by atoms with E-state index in [0.29, 0.717) is 0 Å². The molecular formula is C12H10INS. The van der Waals surface area contributed by atoms with Gasteiger partial charge < -0.3 is 0 Å². The van der Waals surface area contributed by atoms with Crippen molar-refractivity contribution >= 4 is 57.2 Å². The van der Waals surface area contributed by atoms with Gasteiger partial charge in [0.1, 0.15) is 5.04 Å². The SMILES string of the molecule is CSC1=Nc2cccc3cccc1c23.I. The molecule has 76 valence electrons. The minimum absolute atomic E-state index is 0. The van der Waals surface area contributed by atoms with Gasteiger partial charge in [0.15, 0.2) is 0 Å². The number of benzene rings is 2. The van der Waals surface area contributed by atoms with Gasteiger partial charge in [0.2, 0.25) is 0 Å². The molecule has 0 radical (unpaired) electrons. The maximum absolute atomic E-state index is 4.59. The van der Waals surface area contributed by atoms with Crippen molar-refractivity contribution in [1.29, 1.82) is 0 Å². The molecule has 15 heavy (non-hydrogen) atoms. The van der Waals surface area contributed by atoms with E-state index in [2.05, 4.69) is 47.6 Å². The van der Waals surface area contributed by atoms with E-state index in [9.17, 15) is 0 Å². The number of hydrogen-bond donors (Lipinski definition) is 0. The quantitative estimate of drug-likeness (QED) is 0.660. The lowest BCUT2D eigenvalue weighted by molar-refractivity contribution is 1.62. The van der Waals surface area contributed by atoms with Gasteiger partial charge in [0.05, 0.1) is 5.69 Å². The highest BCUT2D eigenvalue weighted by molar-refractivity contribution is 14.0. The molecule has 0 aromatic heterocycles. The first kappa shape index (κ1) is 11.0. The van der Waals surface area contributed by atoms with Crippen molar-refractivity contribution in [1.82, 2.24) is 0 Å². The third-order valence-corrected chi connectivity index (χ3v) is 3.23. The second kappa shape index (κ2) is 4.14. The third kappa shape index (κ3) is 1.58. The number of halogens is 1. The first-order chi connectivity index (χ1) is 6.90. The Morgan fingerprint density at radius 2 is 1.80 bits per heavy atom. The minimum Gasteiger partial charge on any atom is -0.241 e. The first-order valence-electron chi connectivity index (χ1n) is 4.55. The molecule has 1 aliphatic rings. The summed E-state index contributed by atoms with van der Waals surface area (Å²) >= 11 is 1.71. The Bertz CT molecular complexity index is 543. The van der Waals surface area contributed by atoms with E-state index in [1.165, 1.54) is 16.3 Å². The molecule has 0 atom stereocenters. The molecule has 0 aliphatic carbocycles. The fourth-order valence-electron chi connectivity index (χ4n) is 1.92. The summed E-state index contributed by atoms with van der Waals surface area (Å²) in [4.78, 5) is 4.59. The Hall–Kier alpha value is -0.550. The zero-order valence-electron chi connectivity index (χ0n) is 8.23. The molecule has 1 nitrogen and oxygen atoms in total. The number of thioether (sulfide) groups is 1. The molecule has 0 saturated heterocycles. The van der Waals surface area contributed by atoms with Crippen molar-refractivity contribution < 1.29 is 0 Å². The van der Waals surface area contributed by atoms with Gasteiger partial charge in [-0.3, -0.25) is 0 Å². The number of nitrogens with zero attached hydrogens (tertiary/aromatic N) is 1. The van der Waals surface area contributed by atoms with Crippen molar-refractivity contribution in [3.63, 3.8) is 0 Å². The largest absolute Gasteiger partial charge is 0.241 e. The zero-order valence-corrected chi connectivity index (χ0v) is 11.4. The van der Waals surface area contributed by atoms with E-state index in [1.807, 2.05) is 0 Å². The molecule has 0 unspecified atom stereocenters. The lowest BCUT2D eigenvalue weighted by atomic mass is 10.1. The minimum atomic E-state index is 0. The van der Waals surface area contributed by atoms with E-state index in [0.717, 1.165) is 10.7 Å². The van der Waals surface area contributed by atoms with Crippen molar-refractivity contribution in [2.24, 2.45) is 4.99 Å². The van der Waals surface area contributed by atoms with Crippen LogP contribution in [0.15, 0.2) is 41.4 Å². The lowest BCUT2D eigenvalue weighted by Gasteiger charge is -2.00. The molecule has 1 aliphatic heterocycles. The third-order valence-electron chi connectivity index (χ3n) is 2.53. The van der Waals surface area contributed by atoms with Crippen molar-refractivity contribution in [2.75, 3.05) is 6.26 Å². The molecule has 3 rings (SSSR count). The van der Waals surface area contributed by atoms with Crippen LogP contribution in [0.4, 0.5) is 5.69 Å². The van der Waals surface area contributed by atoms with Crippen LogP contribution >= 0.6 is 35.7 Å². The monoisotopic (exact) mass is 327 g/mol. The van der Waals surface area contributed by atoms with Crippen molar-refractivity contribution in [2.45, 2.75) is 0 Å². The molecule has 0 bridgehead atoms. The van der Waals surface area contributed by atoms with Crippen LogP contribution in [0.5, 0.6) is 0 Å². The molecular weight excluding hydrogens is 317 g/mol. The van der Waals surface area contributed by atoms with E-state index >= 15 is 0 Å². The maximum Gasteiger partial charge on any atom is 0.104 e. The van der Waals surface area contributed by atoms with Gasteiger partial charge in [0.25, 0.3) is 0 Å². The molecule has 1 heterocycles. The van der Waals surface area contributed by atoms with Crippen LogP contribution in [0.1, 0.15) is 5.56 Å². The van der Waals surface area contributed by atoms with Gasteiger partial charge in [-0.15, -0.1) is 35.7 Å². The zero-order chi connectivity index (χ0) is 9.54. The predicted molar refractivity (Wildman–Crippen MR) is 79.1 cm³/mol. The highest BCUT2D eigenvalue weighted by atomic mass is 127. The summed E-state index contributed by atoms with van der Waals surface area (Å²) in [6, 6.07) is 12.7. The number of rotatable bonds is 0. The topological polar surface area (TPSA) is 12.4 Å². The second-order valence-electron chi connectivity index (χ2n) is 3.30. The van der Waals surface area contributed by atoms with Crippen LogP contribution in [-0.4, -0.2) is 11.3 Å². The summed E-state index contributed by atoms with van der Waals surface area (Å²) < 4.78 is 0. The number of hydrogen-bond acceptors (Lipinski definition) is 2. The van der Waals surface area contributed by atoms with Crippen LogP contribution in [-0.2, 0) is 0 Å². The Balaban J connectivity index is 0.000000853. The number of aliphatic imine (C=N–C) groups is 1. The van der Waals surface area contributed by atoms with Gasteiger partial charge in [-0.2, -0.15) is 0 Å². The molecule has 0 amide bonds. The first-order valence-corrected chi connectivity index (χ1v) is 5.77. The summed E-state index contributed by atoms with van der Waals surface area (Å²) in [5.74, 6) is 0. The van der Waals surface area contributed by atoms with Crippen molar-refractivity contribution in [3.8, 4) is 0 Å². The average Bonchev–Trinajstić information content (AvgIpc) is 2.60. The maximum atomic E-state index is 4.59. The molecule has 0 fully saturated rings. The Morgan fingerprint density at radius 1 is 1.07 bits per heavy atom. The Kier molecular flexibility index (Phi) is 3.02. The van der Waals surface area contributed by atoms with Gasteiger partial charge in [0, 0.05) is 10.9 Å². The van der Waals surface area contributed by atoms with E-state index < -0.39 is 0 Å². The normalized spacial score (nSPS) is 12.5. The van der Waals surface area contributed by atoms with Crippen LogP contribution in [0.3, 0.4) is 0 Å². The fraction of sp³-hybridized carbons (Fsp3) is 0.0833. The molecule has 0 saturated carbocycles. The molecule has 2 aromatic carbocycles. The summed E-state index contributed by atoms with van der Waals surface area (Å²) in [7, 11) is 0. The fourth-order valence-corrected chi connectivity index (χ4v) is 2.50. The van der Waals surface area contributed by atoms with Crippen molar-refractivity contribution in [3.05, 3.63) is 42.0 Å². The molecule has 3 heteroatoms. The highest BCUT2D eigenvalue weighted by Crippen LogP contribution is 2.37. The van der Waals surface area contributed by atoms with Crippen LogP contribution < -0.4 is 0 Å². The van der Waals surface area contributed by atoms with Gasteiger partial charge >= 0.3 is 0 Å². The van der Waals surface area contributed by atoms with Gasteiger partial charge in [-0.1, -0.05) is 30.3 Å². The Labute approximate surface area is 110 Å². The summed E-state index contributed by atoms with van der Waals surface area (Å²) in [6.45, 7) is 0. The molecule has 2 aromatic rings. The lowest BCUT2D eigenvalue weighted by Crippen LogP contribution is -1.88. The molecule has 0 N–H and O–H groups in total. The highest BCUT2D eigenvalue weighted by Gasteiger charge is 2.16. The molecule has 0 spiro atoms. The summed E-state index contributed by atoms with van der Waals surface area (Å²) in [6.07, 6.45) is 2.07. The summed E-state index contributed by atoms with van der Waals surface area (Å²) in [5.41, 5.74) is 2.40.